The minimum atomic E-state index is -0.133. The number of nitrogens with two attached hydrogens (primary N) is 1. The molecule has 20 heavy (non-hydrogen) atoms. The summed E-state index contributed by atoms with van der Waals surface area (Å²) in [6.45, 7) is 1.97. The summed E-state index contributed by atoms with van der Waals surface area (Å²) in [5, 5.41) is 0. The molecule has 0 saturated heterocycles. The first-order chi connectivity index (χ1) is 9.65. The van der Waals surface area contributed by atoms with Crippen LogP contribution in [0, 0.1) is 0 Å². The highest BCUT2D eigenvalue weighted by Crippen LogP contribution is 2.16. The molecule has 6 heteroatoms. The van der Waals surface area contributed by atoms with E-state index in [4.69, 9.17) is 5.84 Å². The summed E-state index contributed by atoms with van der Waals surface area (Å²) in [5.74, 6) is 5.73. The van der Waals surface area contributed by atoms with Crippen LogP contribution in [-0.2, 0) is 6.42 Å². The van der Waals surface area contributed by atoms with Crippen molar-refractivity contribution in [1.82, 2.24) is 9.97 Å². The van der Waals surface area contributed by atoms with E-state index in [0.717, 1.165) is 17.8 Å². The predicted octanol–water partition coefficient (Wildman–Crippen LogP) is 1.60. The molecule has 0 aliphatic heterocycles. The lowest BCUT2D eigenvalue weighted by Crippen LogP contribution is -2.26. The van der Waals surface area contributed by atoms with Gasteiger partial charge in [-0.15, -0.1) is 0 Å². The normalized spacial score (nSPS) is 10.2. The van der Waals surface area contributed by atoms with Crippen LogP contribution in [0.3, 0.4) is 0 Å². The molecule has 3 N–H and O–H groups in total. The third-order valence-corrected chi connectivity index (χ3v) is 2.97. The van der Waals surface area contributed by atoms with Crippen LogP contribution in [0.4, 0.5) is 11.5 Å². The summed E-state index contributed by atoms with van der Waals surface area (Å²) < 4.78 is 0. The fourth-order valence-electron chi connectivity index (χ4n) is 1.83. The number of carbonyl (C=O) groups is 1. The SMILES string of the molecule is CCc1cc(C(=O)N(C)c2cccnc2)cc(NN)n1. The van der Waals surface area contributed by atoms with E-state index in [2.05, 4.69) is 15.4 Å². The average molecular weight is 271 g/mol. The number of hydrogen-bond acceptors (Lipinski definition) is 5. The maximum absolute atomic E-state index is 12.5. The van der Waals surface area contributed by atoms with E-state index in [0.29, 0.717) is 11.4 Å². The van der Waals surface area contributed by atoms with Crippen molar-refractivity contribution >= 4 is 17.4 Å². The van der Waals surface area contributed by atoms with Gasteiger partial charge in [-0.05, 0) is 30.7 Å². The fourth-order valence-corrected chi connectivity index (χ4v) is 1.83. The molecule has 2 aromatic heterocycles. The maximum Gasteiger partial charge on any atom is 0.258 e. The molecule has 104 valence electrons. The van der Waals surface area contributed by atoms with E-state index in [1.54, 1.807) is 42.5 Å². The monoisotopic (exact) mass is 271 g/mol. The number of hydrogen-bond donors (Lipinski definition) is 2. The van der Waals surface area contributed by atoms with Gasteiger partial charge in [0.05, 0.1) is 11.9 Å². The van der Waals surface area contributed by atoms with Crippen LogP contribution < -0.4 is 16.2 Å². The summed E-state index contributed by atoms with van der Waals surface area (Å²) in [5.41, 5.74) is 4.56. The van der Waals surface area contributed by atoms with Gasteiger partial charge in [0.2, 0.25) is 0 Å². The van der Waals surface area contributed by atoms with Gasteiger partial charge in [-0.25, -0.2) is 10.8 Å². The van der Waals surface area contributed by atoms with Gasteiger partial charge in [0.25, 0.3) is 5.91 Å². The highest BCUT2D eigenvalue weighted by Gasteiger charge is 2.15. The molecule has 0 unspecified atom stereocenters. The van der Waals surface area contributed by atoms with Crippen LogP contribution in [0.25, 0.3) is 0 Å². The molecule has 0 atom stereocenters. The van der Waals surface area contributed by atoms with Gasteiger partial charge in [0.1, 0.15) is 5.82 Å². The number of pyridine rings is 2. The van der Waals surface area contributed by atoms with E-state index < -0.39 is 0 Å². The molecule has 0 aromatic carbocycles. The Morgan fingerprint density at radius 1 is 1.45 bits per heavy atom. The van der Waals surface area contributed by atoms with Gasteiger partial charge in [0.15, 0.2) is 0 Å². The van der Waals surface area contributed by atoms with Gasteiger partial charge in [-0.2, -0.15) is 0 Å². The van der Waals surface area contributed by atoms with Crippen LogP contribution >= 0.6 is 0 Å². The van der Waals surface area contributed by atoms with E-state index >= 15 is 0 Å². The van der Waals surface area contributed by atoms with Crippen molar-refractivity contribution in [3.8, 4) is 0 Å². The zero-order valence-corrected chi connectivity index (χ0v) is 11.5. The Kier molecular flexibility index (Phi) is 4.27. The smallest absolute Gasteiger partial charge is 0.258 e. The van der Waals surface area contributed by atoms with Crippen molar-refractivity contribution < 1.29 is 4.79 Å². The van der Waals surface area contributed by atoms with E-state index in [-0.39, 0.29) is 5.91 Å². The second kappa shape index (κ2) is 6.12. The molecule has 0 radical (unpaired) electrons. The Labute approximate surface area is 117 Å². The summed E-state index contributed by atoms with van der Waals surface area (Å²) in [6.07, 6.45) is 4.04. The lowest BCUT2D eigenvalue weighted by atomic mass is 10.1. The first-order valence-corrected chi connectivity index (χ1v) is 6.31. The lowest BCUT2D eigenvalue weighted by Gasteiger charge is -2.17. The Bertz CT molecular complexity index is 578. The summed E-state index contributed by atoms with van der Waals surface area (Å²) in [6, 6.07) is 7.02. The number of aromatic nitrogens is 2. The highest BCUT2D eigenvalue weighted by atomic mass is 16.2. The third kappa shape index (κ3) is 2.92. The van der Waals surface area contributed by atoms with E-state index in [1.807, 2.05) is 13.0 Å². The van der Waals surface area contributed by atoms with Crippen molar-refractivity contribution in [2.75, 3.05) is 17.4 Å². The number of aryl methyl sites for hydroxylation is 1. The molecular formula is C14H17N5O. The van der Waals surface area contributed by atoms with Gasteiger partial charge in [-0.3, -0.25) is 9.78 Å². The maximum atomic E-state index is 12.5. The minimum Gasteiger partial charge on any atom is -0.310 e. The van der Waals surface area contributed by atoms with Crippen LogP contribution in [-0.4, -0.2) is 22.9 Å². The quantitative estimate of drug-likeness (QED) is 0.652. The Balaban J connectivity index is 2.33. The van der Waals surface area contributed by atoms with Crippen molar-refractivity contribution in [3.63, 3.8) is 0 Å². The van der Waals surface area contributed by atoms with Crippen LogP contribution in [0.2, 0.25) is 0 Å². The lowest BCUT2D eigenvalue weighted by molar-refractivity contribution is 0.0993. The average Bonchev–Trinajstić information content (AvgIpc) is 2.53. The minimum absolute atomic E-state index is 0.133. The number of nitrogens with one attached hydrogen (secondary N) is 1. The first-order valence-electron chi connectivity index (χ1n) is 6.31. The molecule has 6 nitrogen and oxygen atoms in total. The Hall–Kier alpha value is -2.47. The largest absolute Gasteiger partial charge is 0.310 e. The van der Waals surface area contributed by atoms with Crippen molar-refractivity contribution in [3.05, 3.63) is 47.9 Å². The highest BCUT2D eigenvalue weighted by molar-refractivity contribution is 6.06. The van der Waals surface area contributed by atoms with Crippen LogP contribution in [0.15, 0.2) is 36.7 Å². The van der Waals surface area contributed by atoms with Crippen LogP contribution in [0.1, 0.15) is 23.0 Å². The number of rotatable bonds is 4. The van der Waals surface area contributed by atoms with E-state index in [1.165, 1.54) is 0 Å². The Morgan fingerprint density at radius 2 is 2.25 bits per heavy atom. The van der Waals surface area contributed by atoms with Crippen molar-refractivity contribution in [2.24, 2.45) is 5.84 Å². The molecule has 0 aliphatic carbocycles. The predicted molar refractivity (Wildman–Crippen MR) is 78.4 cm³/mol. The molecule has 0 aliphatic rings. The zero-order valence-electron chi connectivity index (χ0n) is 11.5. The number of hydrazine groups is 1. The zero-order chi connectivity index (χ0) is 14.5. The molecule has 0 fully saturated rings. The molecular weight excluding hydrogens is 254 g/mol. The van der Waals surface area contributed by atoms with Crippen LogP contribution in [0.5, 0.6) is 0 Å². The molecule has 2 rings (SSSR count). The van der Waals surface area contributed by atoms with Gasteiger partial charge in [-0.1, -0.05) is 6.92 Å². The second-order valence-corrected chi connectivity index (χ2v) is 4.31. The number of amides is 1. The molecule has 0 saturated carbocycles. The topological polar surface area (TPSA) is 84.1 Å². The molecule has 1 amide bonds. The summed E-state index contributed by atoms with van der Waals surface area (Å²) >= 11 is 0. The van der Waals surface area contributed by atoms with E-state index in [9.17, 15) is 4.79 Å². The van der Waals surface area contributed by atoms with Crippen molar-refractivity contribution in [2.45, 2.75) is 13.3 Å². The number of anilines is 2. The fraction of sp³-hybridized carbons (Fsp3) is 0.214. The van der Waals surface area contributed by atoms with Gasteiger partial charge < -0.3 is 10.3 Å². The molecule has 2 heterocycles. The molecule has 0 bridgehead atoms. The first kappa shape index (κ1) is 14.0. The number of nitrogen functional groups attached to an aromatic ring is 1. The summed E-state index contributed by atoms with van der Waals surface area (Å²) in [4.78, 5) is 22.3. The van der Waals surface area contributed by atoms with Crippen molar-refractivity contribution in [1.29, 1.82) is 0 Å². The Morgan fingerprint density at radius 3 is 2.85 bits per heavy atom. The second-order valence-electron chi connectivity index (χ2n) is 4.31. The number of carbonyl (C=O) groups excluding carboxylic acids is 1. The molecule has 0 spiro atoms. The standard InChI is InChI=1S/C14H17N5O/c1-3-11-7-10(8-13(17-11)18-15)14(20)19(2)12-5-4-6-16-9-12/h4-9H,3,15H2,1-2H3,(H,17,18). The molecule has 2 aromatic rings. The number of nitrogens with zero attached hydrogens (tertiary/aromatic N) is 3. The third-order valence-electron chi connectivity index (χ3n) is 2.97. The summed E-state index contributed by atoms with van der Waals surface area (Å²) in [7, 11) is 1.71. The van der Waals surface area contributed by atoms with Gasteiger partial charge >= 0.3 is 0 Å². The van der Waals surface area contributed by atoms with Gasteiger partial charge in [0, 0.05) is 24.5 Å².